The third kappa shape index (κ3) is 4.06. The lowest BCUT2D eigenvalue weighted by molar-refractivity contribution is -0.129. The lowest BCUT2D eigenvalue weighted by Gasteiger charge is -2.36. The standard InChI is InChI=1S/C18H25N3O3/c22-17(12-19-18(23)24)21-11-8-16(13-21)20-9-6-15(7-10-20)14-4-2-1-3-5-14/h1-5,15-16,19H,6-13H2,(H,23,24). The van der Waals surface area contributed by atoms with Gasteiger partial charge in [0.1, 0.15) is 6.54 Å². The first-order valence-corrected chi connectivity index (χ1v) is 8.67. The molecule has 0 aliphatic carbocycles. The number of nitrogens with one attached hydrogen (secondary N) is 1. The number of likely N-dealkylation sites (tertiary alicyclic amines) is 2. The average molecular weight is 331 g/mol. The van der Waals surface area contributed by atoms with Gasteiger partial charge in [0.05, 0.1) is 0 Å². The van der Waals surface area contributed by atoms with E-state index in [1.54, 1.807) is 4.90 Å². The maximum absolute atomic E-state index is 12.0. The highest BCUT2D eigenvalue weighted by atomic mass is 16.4. The second kappa shape index (κ2) is 7.66. The Hall–Kier alpha value is -2.08. The van der Waals surface area contributed by atoms with Gasteiger partial charge in [-0.15, -0.1) is 0 Å². The van der Waals surface area contributed by atoms with E-state index in [0.29, 0.717) is 12.0 Å². The molecule has 6 nitrogen and oxygen atoms in total. The summed E-state index contributed by atoms with van der Waals surface area (Å²) in [5.41, 5.74) is 1.43. The lowest BCUT2D eigenvalue weighted by Crippen LogP contribution is -2.44. The smallest absolute Gasteiger partial charge is 0.405 e. The van der Waals surface area contributed by atoms with Crippen LogP contribution in [0.2, 0.25) is 0 Å². The van der Waals surface area contributed by atoms with Gasteiger partial charge in [0, 0.05) is 19.1 Å². The van der Waals surface area contributed by atoms with Gasteiger partial charge < -0.3 is 15.3 Å². The zero-order valence-corrected chi connectivity index (χ0v) is 13.9. The molecule has 0 saturated carbocycles. The monoisotopic (exact) mass is 331 g/mol. The van der Waals surface area contributed by atoms with Gasteiger partial charge in [-0.25, -0.2) is 4.79 Å². The van der Waals surface area contributed by atoms with Crippen molar-refractivity contribution in [1.82, 2.24) is 15.1 Å². The molecule has 0 radical (unpaired) electrons. The SMILES string of the molecule is O=C(O)NCC(=O)N1CCC(N2CCC(c3ccccc3)CC2)C1. The maximum atomic E-state index is 12.0. The van der Waals surface area contributed by atoms with E-state index in [-0.39, 0.29) is 12.5 Å². The Morgan fingerprint density at radius 2 is 1.79 bits per heavy atom. The molecule has 1 unspecified atom stereocenters. The van der Waals surface area contributed by atoms with Gasteiger partial charge in [0.15, 0.2) is 0 Å². The molecule has 2 aliphatic heterocycles. The number of benzene rings is 1. The maximum Gasteiger partial charge on any atom is 0.405 e. The van der Waals surface area contributed by atoms with E-state index >= 15 is 0 Å². The fraction of sp³-hybridized carbons (Fsp3) is 0.556. The van der Waals surface area contributed by atoms with Gasteiger partial charge in [0.25, 0.3) is 0 Å². The van der Waals surface area contributed by atoms with Gasteiger partial charge in [-0.1, -0.05) is 30.3 Å². The second-order valence-electron chi connectivity index (χ2n) is 6.66. The molecule has 2 amide bonds. The van der Waals surface area contributed by atoms with Crippen molar-refractivity contribution in [2.45, 2.75) is 31.2 Å². The van der Waals surface area contributed by atoms with Crippen LogP contribution in [0.15, 0.2) is 30.3 Å². The first-order valence-electron chi connectivity index (χ1n) is 8.67. The molecular formula is C18H25N3O3. The fourth-order valence-corrected chi connectivity index (χ4v) is 3.85. The van der Waals surface area contributed by atoms with Crippen molar-refractivity contribution in [2.24, 2.45) is 0 Å². The van der Waals surface area contributed by atoms with E-state index in [1.807, 2.05) is 0 Å². The highest BCUT2D eigenvalue weighted by Crippen LogP contribution is 2.30. The van der Waals surface area contributed by atoms with Crippen LogP contribution in [0.4, 0.5) is 4.79 Å². The molecule has 1 aromatic carbocycles. The van der Waals surface area contributed by atoms with Crippen LogP contribution in [0.5, 0.6) is 0 Å². The quantitative estimate of drug-likeness (QED) is 0.881. The normalized spacial score (nSPS) is 22.5. The summed E-state index contributed by atoms with van der Waals surface area (Å²) in [5, 5.41) is 10.7. The first-order chi connectivity index (χ1) is 11.6. The van der Waals surface area contributed by atoms with Crippen LogP contribution in [-0.2, 0) is 4.79 Å². The van der Waals surface area contributed by atoms with Crippen molar-refractivity contribution in [3.63, 3.8) is 0 Å². The summed E-state index contributed by atoms with van der Waals surface area (Å²) >= 11 is 0. The highest BCUT2D eigenvalue weighted by Gasteiger charge is 2.32. The fourth-order valence-electron chi connectivity index (χ4n) is 3.85. The van der Waals surface area contributed by atoms with Crippen LogP contribution in [0.1, 0.15) is 30.7 Å². The largest absolute Gasteiger partial charge is 0.465 e. The number of hydrogen-bond donors (Lipinski definition) is 2. The average Bonchev–Trinajstić information content (AvgIpc) is 3.11. The molecule has 1 atom stereocenters. The molecule has 0 bridgehead atoms. The van der Waals surface area contributed by atoms with Crippen molar-refractivity contribution in [1.29, 1.82) is 0 Å². The van der Waals surface area contributed by atoms with E-state index in [4.69, 9.17) is 5.11 Å². The number of carbonyl (C=O) groups is 2. The lowest BCUT2D eigenvalue weighted by atomic mass is 9.89. The molecule has 0 spiro atoms. The number of piperidine rings is 1. The number of carbonyl (C=O) groups excluding carboxylic acids is 1. The van der Waals surface area contributed by atoms with Crippen molar-refractivity contribution in [3.8, 4) is 0 Å². The molecule has 24 heavy (non-hydrogen) atoms. The highest BCUT2D eigenvalue weighted by molar-refractivity contribution is 5.82. The molecule has 2 heterocycles. The molecule has 2 saturated heterocycles. The topological polar surface area (TPSA) is 72.9 Å². The van der Waals surface area contributed by atoms with Crippen LogP contribution in [0, 0.1) is 0 Å². The molecule has 1 aromatic rings. The van der Waals surface area contributed by atoms with Crippen molar-refractivity contribution < 1.29 is 14.7 Å². The Balaban J connectivity index is 1.46. The van der Waals surface area contributed by atoms with Gasteiger partial charge in [-0.05, 0) is 43.8 Å². The third-order valence-corrected chi connectivity index (χ3v) is 5.22. The molecule has 3 rings (SSSR count). The van der Waals surface area contributed by atoms with Crippen LogP contribution >= 0.6 is 0 Å². The summed E-state index contributed by atoms with van der Waals surface area (Å²) in [7, 11) is 0. The molecule has 0 aromatic heterocycles. The number of carboxylic acid groups (broad SMARTS) is 1. The minimum absolute atomic E-state index is 0.126. The number of rotatable bonds is 4. The molecule has 2 N–H and O–H groups in total. The van der Waals surface area contributed by atoms with E-state index in [2.05, 4.69) is 40.5 Å². The Morgan fingerprint density at radius 1 is 1.08 bits per heavy atom. The van der Waals surface area contributed by atoms with Crippen molar-refractivity contribution >= 4 is 12.0 Å². The zero-order chi connectivity index (χ0) is 16.9. The van der Waals surface area contributed by atoms with E-state index < -0.39 is 6.09 Å². The van der Waals surface area contributed by atoms with Gasteiger partial charge in [0.2, 0.25) is 5.91 Å². The Labute approximate surface area is 142 Å². The van der Waals surface area contributed by atoms with E-state index in [9.17, 15) is 9.59 Å². The van der Waals surface area contributed by atoms with Crippen molar-refractivity contribution in [3.05, 3.63) is 35.9 Å². The number of amides is 2. The molecule has 2 fully saturated rings. The summed E-state index contributed by atoms with van der Waals surface area (Å²) in [6.45, 7) is 3.46. The Bertz CT molecular complexity index is 570. The summed E-state index contributed by atoms with van der Waals surface area (Å²) in [6, 6.07) is 11.1. The summed E-state index contributed by atoms with van der Waals surface area (Å²) in [5.74, 6) is 0.514. The van der Waals surface area contributed by atoms with Gasteiger partial charge in [-0.2, -0.15) is 0 Å². The van der Waals surface area contributed by atoms with E-state index in [0.717, 1.165) is 45.4 Å². The van der Waals surface area contributed by atoms with Crippen molar-refractivity contribution in [2.75, 3.05) is 32.7 Å². The molecule has 2 aliphatic rings. The predicted molar refractivity (Wildman–Crippen MR) is 91.0 cm³/mol. The minimum atomic E-state index is -1.15. The van der Waals surface area contributed by atoms with E-state index in [1.165, 1.54) is 5.56 Å². The van der Waals surface area contributed by atoms with Gasteiger partial charge >= 0.3 is 6.09 Å². The number of hydrogen-bond acceptors (Lipinski definition) is 3. The molecule has 6 heteroatoms. The third-order valence-electron chi connectivity index (χ3n) is 5.22. The Morgan fingerprint density at radius 3 is 2.46 bits per heavy atom. The van der Waals surface area contributed by atoms with Crippen LogP contribution in [0.3, 0.4) is 0 Å². The second-order valence-corrected chi connectivity index (χ2v) is 6.66. The van der Waals surface area contributed by atoms with Crippen LogP contribution in [-0.4, -0.2) is 65.7 Å². The predicted octanol–water partition coefficient (Wildman–Crippen LogP) is 1.73. The van der Waals surface area contributed by atoms with Gasteiger partial charge in [-0.3, -0.25) is 9.69 Å². The number of nitrogens with zero attached hydrogens (tertiary/aromatic N) is 2. The summed E-state index contributed by atoms with van der Waals surface area (Å²) < 4.78 is 0. The zero-order valence-electron chi connectivity index (χ0n) is 13.9. The van der Waals surface area contributed by atoms with Crippen LogP contribution in [0.25, 0.3) is 0 Å². The van der Waals surface area contributed by atoms with Crippen LogP contribution < -0.4 is 5.32 Å². The summed E-state index contributed by atoms with van der Waals surface area (Å²) in [6.07, 6.45) is 2.15. The Kier molecular flexibility index (Phi) is 5.35. The summed E-state index contributed by atoms with van der Waals surface area (Å²) in [4.78, 5) is 26.8. The molecule has 130 valence electrons. The minimum Gasteiger partial charge on any atom is -0.465 e. The first kappa shape index (κ1) is 16.8. The molecular weight excluding hydrogens is 306 g/mol.